The summed E-state index contributed by atoms with van der Waals surface area (Å²) in [5.74, 6) is 1.51. The summed E-state index contributed by atoms with van der Waals surface area (Å²) in [6, 6.07) is 0. The average Bonchev–Trinajstić information content (AvgIpc) is 2.28. The van der Waals surface area contributed by atoms with E-state index in [0.717, 1.165) is 24.8 Å². The van der Waals surface area contributed by atoms with E-state index in [1.165, 1.54) is 45.2 Å². The number of nitrogens with zero attached hydrogens (tertiary/aromatic N) is 1. The SMILES string of the molecule is CC1CCCC(CN2CCCC(CC(=O)O)C2)C1. The van der Waals surface area contributed by atoms with Crippen LogP contribution in [0.2, 0.25) is 0 Å². The molecule has 104 valence electrons. The van der Waals surface area contributed by atoms with Crippen LogP contribution in [0.5, 0.6) is 0 Å². The zero-order valence-electron chi connectivity index (χ0n) is 11.6. The lowest BCUT2D eigenvalue weighted by atomic mass is 9.81. The third kappa shape index (κ3) is 4.27. The number of carbonyl (C=O) groups is 1. The molecule has 0 amide bonds. The fraction of sp³-hybridized carbons (Fsp3) is 0.933. The number of hydrogen-bond acceptors (Lipinski definition) is 2. The Hall–Kier alpha value is -0.570. The molecule has 1 heterocycles. The molecule has 18 heavy (non-hydrogen) atoms. The Balaban J connectivity index is 1.76. The quantitative estimate of drug-likeness (QED) is 0.837. The first-order chi connectivity index (χ1) is 8.63. The lowest BCUT2D eigenvalue weighted by Crippen LogP contribution is -2.40. The minimum absolute atomic E-state index is 0.359. The van der Waals surface area contributed by atoms with Crippen molar-refractivity contribution in [3.8, 4) is 0 Å². The lowest BCUT2D eigenvalue weighted by molar-refractivity contribution is -0.138. The maximum absolute atomic E-state index is 10.8. The zero-order valence-corrected chi connectivity index (χ0v) is 11.6. The van der Waals surface area contributed by atoms with Gasteiger partial charge in [-0.3, -0.25) is 4.79 Å². The molecule has 0 aromatic carbocycles. The molecule has 1 saturated carbocycles. The van der Waals surface area contributed by atoms with Crippen molar-refractivity contribution in [1.82, 2.24) is 4.90 Å². The van der Waals surface area contributed by atoms with Crippen molar-refractivity contribution in [2.45, 2.75) is 51.9 Å². The molecule has 2 rings (SSSR count). The van der Waals surface area contributed by atoms with Crippen LogP contribution in [0, 0.1) is 17.8 Å². The highest BCUT2D eigenvalue weighted by Crippen LogP contribution is 2.30. The molecular weight excluding hydrogens is 226 g/mol. The second-order valence-electron chi connectivity index (χ2n) is 6.50. The summed E-state index contributed by atoms with van der Waals surface area (Å²) in [6.07, 6.45) is 8.18. The normalized spacial score (nSPS) is 34.4. The van der Waals surface area contributed by atoms with Gasteiger partial charge in [0.25, 0.3) is 0 Å². The molecule has 0 aromatic rings. The summed E-state index contributed by atoms with van der Waals surface area (Å²) in [7, 11) is 0. The summed E-state index contributed by atoms with van der Waals surface area (Å²) in [6.45, 7) is 5.77. The molecule has 3 nitrogen and oxygen atoms in total. The number of aliphatic carboxylic acids is 1. The number of hydrogen-bond donors (Lipinski definition) is 1. The van der Waals surface area contributed by atoms with Gasteiger partial charge in [0, 0.05) is 19.5 Å². The Morgan fingerprint density at radius 1 is 1.22 bits per heavy atom. The highest BCUT2D eigenvalue weighted by molar-refractivity contribution is 5.67. The molecule has 3 atom stereocenters. The van der Waals surface area contributed by atoms with Gasteiger partial charge < -0.3 is 10.0 Å². The van der Waals surface area contributed by atoms with E-state index < -0.39 is 5.97 Å². The Bertz CT molecular complexity index is 280. The first-order valence-electron chi connectivity index (χ1n) is 7.57. The van der Waals surface area contributed by atoms with Gasteiger partial charge in [0.2, 0.25) is 0 Å². The monoisotopic (exact) mass is 253 g/mol. The molecule has 2 aliphatic rings. The highest BCUT2D eigenvalue weighted by atomic mass is 16.4. The van der Waals surface area contributed by atoms with Crippen molar-refractivity contribution in [2.75, 3.05) is 19.6 Å². The Morgan fingerprint density at radius 2 is 2.00 bits per heavy atom. The number of carboxylic acids is 1. The Kier molecular flexibility index (Phi) is 5.04. The first kappa shape index (κ1) is 13.9. The van der Waals surface area contributed by atoms with Gasteiger partial charge in [-0.2, -0.15) is 0 Å². The number of piperidine rings is 1. The standard InChI is InChI=1S/C15H27NO2/c1-12-4-2-5-13(8-12)10-16-7-3-6-14(11-16)9-15(17)18/h12-14H,2-11H2,1H3,(H,17,18). The molecule has 1 aliphatic heterocycles. The van der Waals surface area contributed by atoms with Crippen LogP contribution in [-0.2, 0) is 4.79 Å². The number of rotatable bonds is 4. The van der Waals surface area contributed by atoms with Gasteiger partial charge in [-0.1, -0.05) is 19.8 Å². The van der Waals surface area contributed by atoms with Crippen molar-refractivity contribution in [3.63, 3.8) is 0 Å². The summed E-state index contributed by atoms with van der Waals surface area (Å²) < 4.78 is 0. The fourth-order valence-corrected chi connectivity index (χ4v) is 3.82. The summed E-state index contributed by atoms with van der Waals surface area (Å²) in [4.78, 5) is 13.3. The van der Waals surface area contributed by atoms with E-state index in [4.69, 9.17) is 5.11 Å². The minimum atomic E-state index is -0.631. The maximum atomic E-state index is 10.8. The molecule has 0 radical (unpaired) electrons. The van der Waals surface area contributed by atoms with Crippen LogP contribution < -0.4 is 0 Å². The molecule has 0 bridgehead atoms. The second-order valence-corrected chi connectivity index (χ2v) is 6.50. The molecule has 0 spiro atoms. The Labute approximate surface area is 111 Å². The van der Waals surface area contributed by atoms with Gasteiger partial charge in [0.05, 0.1) is 0 Å². The highest BCUT2D eigenvalue weighted by Gasteiger charge is 2.26. The largest absolute Gasteiger partial charge is 0.481 e. The van der Waals surface area contributed by atoms with Gasteiger partial charge in [-0.05, 0) is 50.0 Å². The summed E-state index contributed by atoms with van der Waals surface area (Å²) in [5.41, 5.74) is 0. The van der Waals surface area contributed by atoms with Gasteiger partial charge in [0.15, 0.2) is 0 Å². The van der Waals surface area contributed by atoms with Crippen LogP contribution in [0.15, 0.2) is 0 Å². The van der Waals surface area contributed by atoms with Crippen LogP contribution in [0.4, 0.5) is 0 Å². The third-order valence-electron chi connectivity index (χ3n) is 4.63. The molecule has 1 N–H and O–H groups in total. The van der Waals surface area contributed by atoms with Crippen molar-refractivity contribution in [2.24, 2.45) is 17.8 Å². The molecule has 1 aliphatic carbocycles. The predicted molar refractivity (Wildman–Crippen MR) is 72.5 cm³/mol. The molecule has 0 aromatic heterocycles. The molecule has 2 fully saturated rings. The van der Waals surface area contributed by atoms with E-state index in [-0.39, 0.29) is 0 Å². The fourth-order valence-electron chi connectivity index (χ4n) is 3.82. The van der Waals surface area contributed by atoms with Crippen LogP contribution in [0.25, 0.3) is 0 Å². The van der Waals surface area contributed by atoms with Crippen molar-refractivity contribution < 1.29 is 9.90 Å². The van der Waals surface area contributed by atoms with Crippen molar-refractivity contribution >= 4 is 5.97 Å². The van der Waals surface area contributed by atoms with E-state index in [0.29, 0.717) is 12.3 Å². The van der Waals surface area contributed by atoms with Gasteiger partial charge >= 0.3 is 5.97 Å². The third-order valence-corrected chi connectivity index (χ3v) is 4.63. The zero-order chi connectivity index (χ0) is 13.0. The smallest absolute Gasteiger partial charge is 0.303 e. The predicted octanol–water partition coefficient (Wildman–Crippen LogP) is 3.00. The summed E-state index contributed by atoms with van der Waals surface area (Å²) in [5, 5.41) is 8.89. The van der Waals surface area contributed by atoms with Crippen LogP contribution in [-0.4, -0.2) is 35.6 Å². The van der Waals surface area contributed by atoms with E-state index in [1.54, 1.807) is 0 Å². The Morgan fingerprint density at radius 3 is 2.72 bits per heavy atom. The second kappa shape index (κ2) is 6.55. The maximum Gasteiger partial charge on any atom is 0.303 e. The first-order valence-corrected chi connectivity index (χ1v) is 7.57. The van der Waals surface area contributed by atoms with E-state index in [2.05, 4.69) is 11.8 Å². The average molecular weight is 253 g/mol. The lowest BCUT2D eigenvalue weighted by Gasteiger charge is -2.36. The van der Waals surface area contributed by atoms with Crippen molar-refractivity contribution in [3.05, 3.63) is 0 Å². The number of likely N-dealkylation sites (tertiary alicyclic amines) is 1. The van der Waals surface area contributed by atoms with E-state index in [1.807, 2.05) is 0 Å². The molecule has 1 saturated heterocycles. The van der Waals surface area contributed by atoms with Gasteiger partial charge in [-0.15, -0.1) is 0 Å². The molecule has 3 heteroatoms. The van der Waals surface area contributed by atoms with Crippen molar-refractivity contribution in [1.29, 1.82) is 0 Å². The van der Waals surface area contributed by atoms with E-state index in [9.17, 15) is 4.79 Å². The van der Waals surface area contributed by atoms with Gasteiger partial charge in [-0.25, -0.2) is 0 Å². The van der Waals surface area contributed by atoms with Crippen LogP contribution in [0.1, 0.15) is 51.9 Å². The topological polar surface area (TPSA) is 40.5 Å². The van der Waals surface area contributed by atoms with Crippen LogP contribution in [0.3, 0.4) is 0 Å². The molecular formula is C15H27NO2. The van der Waals surface area contributed by atoms with Gasteiger partial charge in [0.1, 0.15) is 0 Å². The number of carboxylic acid groups (broad SMARTS) is 1. The minimum Gasteiger partial charge on any atom is -0.481 e. The van der Waals surface area contributed by atoms with Crippen LogP contribution >= 0.6 is 0 Å². The summed E-state index contributed by atoms with van der Waals surface area (Å²) >= 11 is 0. The molecule has 3 unspecified atom stereocenters. The van der Waals surface area contributed by atoms with E-state index >= 15 is 0 Å².